The van der Waals surface area contributed by atoms with Gasteiger partial charge >= 0.3 is 157 Å². The van der Waals surface area contributed by atoms with Crippen molar-refractivity contribution in [2.45, 2.75) is 0 Å². The van der Waals surface area contributed by atoms with Crippen molar-refractivity contribution >= 4 is 34.8 Å². The summed E-state index contributed by atoms with van der Waals surface area (Å²) in [5.74, 6) is 0.738. The maximum atomic E-state index is 12.8. The molecule has 4 rings (SSSR count). The van der Waals surface area contributed by atoms with Gasteiger partial charge in [-0.2, -0.15) is 0 Å². The van der Waals surface area contributed by atoms with E-state index in [1.54, 1.807) is 13.2 Å². The Labute approximate surface area is 157 Å². The molecule has 4 aromatic rings. The summed E-state index contributed by atoms with van der Waals surface area (Å²) in [5, 5.41) is 0.892. The molecule has 4 heteroatoms. The molecule has 3 nitrogen and oxygen atoms in total. The van der Waals surface area contributed by atoms with Crippen LogP contribution in [0, 0.1) is 0 Å². The minimum atomic E-state index is -0.273. The van der Waals surface area contributed by atoms with E-state index < -0.39 is 0 Å². The van der Waals surface area contributed by atoms with Gasteiger partial charge in [-0.3, -0.25) is 0 Å². The minimum absolute atomic E-state index is 0.162. The molecule has 0 aliphatic rings. The molecule has 0 saturated heterocycles. The molecule has 0 aliphatic carbocycles. The summed E-state index contributed by atoms with van der Waals surface area (Å²) in [7, 11) is 1.64. The normalized spacial score (nSPS) is 10.8. The molecule has 26 heavy (non-hydrogen) atoms. The van der Waals surface area contributed by atoms with E-state index in [0.29, 0.717) is 5.58 Å². The fourth-order valence-corrected chi connectivity index (χ4v) is 4.95. The summed E-state index contributed by atoms with van der Waals surface area (Å²) in [6.07, 6.45) is 0. The van der Waals surface area contributed by atoms with Crippen LogP contribution < -0.4 is 19.3 Å². The van der Waals surface area contributed by atoms with Gasteiger partial charge in [-0.15, -0.1) is 0 Å². The fourth-order valence-electron chi connectivity index (χ4n) is 2.88. The predicted octanol–water partition coefficient (Wildman–Crippen LogP) is 3.12. The van der Waals surface area contributed by atoms with E-state index in [2.05, 4.69) is 0 Å². The maximum absolute atomic E-state index is 12.8. The van der Waals surface area contributed by atoms with Crippen LogP contribution >= 0.6 is 0 Å². The summed E-state index contributed by atoms with van der Waals surface area (Å²) in [4.78, 5) is 12.8. The second-order valence-electron chi connectivity index (χ2n) is 5.74. The first-order valence-electron chi connectivity index (χ1n) is 8.19. The zero-order chi connectivity index (χ0) is 17.9. The summed E-state index contributed by atoms with van der Waals surface area (Å²) in [5.41, 5.74) is 2.23. The molecular formula is C22H16O3Se. The molecule has 1 heterocycles. The molecule has 0 saturated carbocycles. The van der Waals surface area contributed by atoms with Gasteiger partial charge in [-0.05, 0) is 0 Å². The van der Waals surface area contributed by atoms with E-state index in [9.17, 15) is 4.79 Å². The van der Waals surface area contributed by atoms with Gasteiger partial charge in [0.15, 0.2) is 0 Å². The molecule has 0 amide bonds. The second kappa shape index (κ2) is 7.20. The van der Waals surface area contributed by atoms with Crippen molar-refractivity contribution in [3.63, 3.8) is 0 Å². The van der Waals surface area contributed by atoms with Crippen LogP contribution in [0.25, 0.3) is 22.1 Å². The average molecular weight is 407 g/mol. The third-order valence-electron chi connectivity index (χ3n) is 4.10. The van der Waals surface area contributed by atoms with E-state index in [4.69, 9.17) is 9.15 Å². The van der Waals surface area contributed by atoms with Crippen molar-refractivity contribution in [3.8, 4) is 16.9 Å². The van der Waals surface area contributed by atoms with Crippen molar-refractivity contribution in [3.05, 3.63) is 89.3 Å². The van der Waals surface area contributed by atoms with Crippen molar-refractivity contribution in [1.82, 2.24) is 0 Å². The zero-order valence-electron chi connectivity index (χ0n) is 14.1. The Morgan fingerprint density at radius 2 is 1.58 bits per heavy atom. The summed E-state index contributed by atoms with van der Waals surface area (Å²) in [6, 6.07) is 25.6. The Morgan fingerprint density at radius 3 is 2.27 bits per heavy atom. The molecule has 1 aromatic heterocycles. The zero-order valence-corrected chi connectivity index (χ0v) is 15.9. The van der Waals surface area contributed by atoms with Gasteiger partial charge in [0.25, 0.3) is 0 Å². The average Bonchev–Trinajstić information content (AvgIpc) is 2.69. The molecular weight excluding hydrogens is 391 g/mol. The predicted molar refractivity (Wildman–Crippen MR) is 106 cm³/mol. The number of benzene rings is 3. The van der Waals surface area contributed by atoms with Crippen LogP contribution in [0.3, 0.4) is 0 Å². The number of methoxy groups -OCH3 is 1. The number of fused-ring (bicyclic) bond motifs is 1. The Kier molecular flexibility index (Phi) is 4.61. The Morgan fingerprint density at radius 1 is 0.885 bits per heavy atom. The number of ether oxygens (including phenoxy) is 1. The first-order chi connectivity index (χ1) is 12.8. The van der Waals surface area contributed by atoms with Gasteiger partial charge in [0.05, 0.1) is 0 Å². The van der Waals surface area contributed by atoms with Crippen molar-refractivity contribution in [2.24, 2.45) is 0 Å². The van der Waals surface area contributed by atoms with Gasteiger partial charge < -0.3 is 0 Å². The molecule has 0 atom stereocenters. The summed E-state index contributed by atoms with van der Waals surface area (Å²) < 4.78 is 12.9. The molecule has 0 radical (unpaired) electrons. The van der Waals surface area contributed by atoms with Crippen LogP contribution in [0.15, 0.2) is 88.1 Å². The number of hydrogen-bond donors (Lipinski definition) is 0. The quantitative estimate of drug-likeness (QED) is 0.386. The molecule has 0 fully saturated rings. The summed E-state index contributed by atoms with van der Waals surface area (Å²) >= 11 is -0.162. The first kappa shape index (κ1) is 16.6. The third kappa shape index (κ3) is 3.17. The van der Waals surface area contributed by atoms with E-state index in [1.165, 1.54) is 0 Å². The standard InChI is InChI=1S/C22H16O3Se/c1-24-16-12-13-19-18(14-16)20(15-8-4-2-5-9-15)21(22(23)25-19)26-17-10-6-3-7-11-17/h2-14H,1H3. The molecule has 0 spiro atoms. The third-order valence-corrected chi connectivity index (χ3v) is 6.37. The second-order valence-corrected chi connectivity index (χ2v) is 8.01. The Bertz CT molecular complexity index is 1100. The van der Waals surface area contributed by atoms with Gasteiger partial charge in [0.1, 0.15) is 0 Å². The fraction of sp³-hybridized carbons (Fsp3) is 0.0455. The van der Waals surface area contributed by atoms with E-state index in [-0.39, 0.29) is 20.6 Å². The van der Waals surface area contributed by atoms with Crippen LogP contribution in [0.4, 0.5) is 0 Å². The summed E-state index contributed by atoms with van der Waals surface area (Å²) in [6.45, 7) is 0. The van der Waals surface area contributed by atoms with Crippen molar-refractivity contribution < 1.29 is 9.15 Å². The van der Waals surface area contributed by atoms with Crippen LogP contribution in [-0.4, -0.2) is 22.1 Å². The Balaban J connectivity index is 2.03. The molecule has 0 unspecified atom stereocenters. The first-order valence-corrected chi connectivity index (χ1v) is 9.91. The molecule has 128 valence electrons. The van der Waals surface area contributed by atoms with Gasteiger partial charge in [-0.1, -0.05) is 0 Å². The van der Waals surface area contributed by atoms with Crippen molar-refractivity contribution in [1.29, 1.82) is 0 Å². The van der Waals surface area contributed by atoms with Gasteiger partial charge in [0.2, 0.25) is 0 Å². The van der Waals surface area contributed by atoms with Crippen LogP contribution in [-0.2, 0) is 0 Å². The molecule has 0 aliphatic heterocycles. The monoisotopic (exact) mass is 408 g/mol. The van der Waals surface area contributed by atoms with Gasteiger partial charge in [0, 0.05) is 0 Å². The van der Waals surface area contributed by atoms with Crippen molar-refractivity contribution in [2.75, 3.05) is 7.11 Å². The van der Waals surface area contributed by atoms with E-state index in [1.807, 2.05) is 72.8 Å². The number of hydrogen-bond acceptors (Lipinski definition) is 3. The molecule has 3 aromatic carbocycles. The molecule has 0 bridgehead atoms. The van der Waals surface area contributed by atoms with E-state index in [0.717, 1.165) is 31.2 Å². The van der Waals surface area contributed by atoms with Crippen LogP contribution in [0.1, 0.15) is 0 Å². The van der Waals surface area contributed by atoms with Gasteiger partial charge in [-0.25, -0.2) is 0 Å². The number of rotatable bonds is 4. The van der Waals surface area contributed by atoms with Crippen LogP contribution in [0.5, 0.6) is 5.75 Å². The topological polar surface area (TPSA) is 39.4 Å². The Hall–Kier alpha value is -2.81. The van der Waals surface area contributed by atoms with Crippen LogP contribution in [0.2, 0.25) is 0 Å². The van der Waals surface area contributed by atoms with E-state index >= 15 is 0 Å². The molecule has 0 N–H and O–H groups in total. The SMILES string of the molecule is COc1ccc2oc(=O)c([Se]c3ccccc3)c(-c3ccccc3)c2c1.